The third-order valence-corrected chi connectivity index (χ3v) is 3.64. The molecule has 0 bridgehead atoms. The highest BCUT2D eigenvalue weighted by atomic mass is 32.1. The molecule has 1 atom stereocenters. The Morgan fingerprint density at radius 1 is 1.64 bits per heavy atom. The molecule has 0 amide bonds. The zero-order chi connectivity index (χ0) is 9.80. The van der Waals surface area contributed by atoms with Crippen molar-refractivity contribution < 1.29 is 0 Å². The van der Waals surface area contributed by atoms with Gasteiger partial charge in [0.15, 0.2) is 0 Å². The molecule has 2 nitrogen and oxygen atoms in total. The van der Waals surface area contributed by atoms with Crippen LogP contribution >= 0.6 is 11.3 Å². The predicted octanol–water partition coefficient (Wildman–Crippen LogP) is 1.58. The van der Waals surface area contributed by atoms with E-state index in [0.29, 0.717) is 6.04 Å². The fraction of sp³-hybridized carbons (Fsp3) is 0.636. The molecular formula is C11H18N2S. The number of rotatable bonds is 3. The Labute approximate surface area is 89.9 Å². The van der Waals surface area contributed by atoms with Gasteiger partial charge in [0.2, 0.25) is 0 Å². The number of hydrogen-bond acceptors (Lipinski definition) is 3. The third-order valence-electron chi connectivity index (χ3n) is 2.91. The van der Waals surface area contributed by atoms with Crippen LogP contribution in [0.2, 0.25) is 0 Å². The van der Waals surface area contributed by atoms with Crippen LogP contribution in [0.5, 0.6) is 0 Å². The lowest BCUT2D eigenvalue weighted by Crippen LogP contribution is -2.50. The molecule has 1 saturated heterocycles. The molecule has 0 saturated carbocycles. The molecule has 0 aromatic carbocycles. The maximum atomic E-state index is 3.42. The van der Waals surface area contributed by atoms with Crippen molar-refractivity contribution in [3.8, 4) is 0 Å². The molecular weight excluding hydrogens is 192 g/mol. The van der Waals surface area contributed by atoms with E-state index in [2.05, 4.69) is 34.0 Å². The fourth-order valence-electron chi connectivity index (χ4n) is 1.92. The van der Waals surface area contributed by atoms with Gasteiger partial charge in [0, 0.05) is 32.2 Å². The van der Waals surface area contributed by atoms with Crippen LogP contribution in [0.4, 0.5) is 0 Å². The van der Waals surface area contributed by atoms with Gasteiger partial charge in [-0.15, -0.1) is 0 Å². The van der Waals surface area contributed by atoms with E-state index in [9.17, 15) is 0 Å². The second kappa shape index (κ2) is 4.91. The average molecular weight is 210 g/mol. The number of thiophene rings is 1. The van der Waals surface area contributed by atoms with Crippen molar-refractivity contribution >= 4 is 11.3 Å². The fourth-order valence-corrected chi connectivity index (χ4v) is 2.63. The standard InChI is InChI=1S/C11H18N2S/c1-10-8-12-4-6-13(10)5-2-11-3-7-14-9-11/h3,7,9-10,12H,2,4-6,8H2,1H3/t10-/m0/s1. The molecule has 1 fully saturated rings. The zero-order valence-electron chi connectivity index (χ0n) is 8.70. The Kier molecular flexibility index (Phi) is 3.56. The van der Waals surface area contributed by atoms with Crippen LogP contribution in [0, 0.1) is 0 Å². The van der Waals surface area contributed by atoms with Crippen molar-refractivity contribution in [3.05, 3.63) is 22.4 Å². The third kappa shape index (κ3) is 2.56. The molecule has 1 aromatic heterocycles. The Morgan fingerprint density at radius 3 is 3.29 bits per heavy atom. The van der Waals surface area contributed by atoms with Crippen LogP contribution in [0.25, 0.3) is 0 Å². The summed E-state index contributed by atoms with van der Waals surface area (Å²) in [5.41, 5.74) is 1.49. The summed E-state index contributed by atoms with van der Waals surface area (Å²) in [6, 6.07) is 2.93. The maximum Gasteiger partial charge on any atom is 0.0193 e. The first-order chi connectivity index (χ1) is 6.86. The summed E-state index contributed by atoms with van der Waals surface area (Å²) in [5.74, 6) is 0. The molecule has 1 aliphatic heterocycles. The van der Waals surface area contributed by atoms with Crippen molar-refractivity contribution in [2.24, 2.45) is 0 Å². The molecule has 0 radical (unpaired) electrons. The lowest BCUT2D eigenvalue weighted by molar-refractivity contribution is 0.176. The minimum atomic E-state index is 0.697. The van der Waals surface area contributed by atoms with Crippen molar-refractivity contribution in [3.63, 3.8) is 0 Å². The van der Waals surface area contributed by atoms with Crippen molar-refractivity contribution in [1.29, 1.82) is 0 Å². The van der Waals surface area contributed by atoms with Gasteiger partial charge in [-0.1, -0.05) is 0 Å². The average Bonchev–Trinajstić information content (AvgIpc) is 2.69. The van der Waals surface area contributed by atoms with Gasteiger partial charge in [-0.25, -0.2) is 0 Å². The van der Waals surface area contributed by atoms with E-state index in [1.807, 2.05) is 0 Å². The van der Waals surface area contributed by atoms with E-state index in [-0.39, 0.29) is 0 Å². The van der Waals surface area contributed by atoms with Gasteiger partial charge < -0.3 is 5.32 Å². The topological polar surface area (TPSA) is 15.3 Å². The summed E-state index contributed by atoms with van der Waals surface area (Å²) in [7, 11) is 0. The molecule has 0 unspecified atom stereocenters. The highest BCUT2D eigenvalue weighted by Crippen LogP contribution is 2.09. The molecule has 14 heavy (non-hydrogen) atoms. The van der Waals surface area contributed by atoms with E-state index >= 15 is 0 Å². The van der Waals surface area contributed by atoms with E-state index in [1.54, 1.807) is 11.3 Å². The summed E-state index contributed by atoms with van der Waals surface area (Å²) < 4.78 is 0. The molecule has 1 aliphatic rings. The molecule has 2 heterocycles. The molecule has 0 aliphatic carbocycles. The van der Waals surface area contributed by atoms with Crippen LogP contribution in [0.15, 0.2) is 16.8 Å². The molecule has 1 N–H and O–H groups in total. The largest absolute Gasteiger partial charge is 0.314 e. The predicted molar refractivity (Wildman–Crippen MR) is 61.9 cm³/mol. The van der Waals surface area contributed by atoms with E-state index in [1.165, 1.54) is 25.1 Å². The van der Waals surface area contributed by atoms with E-state index < -0.39 is 0 Å². The van der Waals surface area contributed by atoms with Crippen LogP contribution in [0.1, 0.15) is 12.5 Å². The first-order valence-electron chi connectivity index (χ1n) is 5.32. The summed E-state index contributed by atoms with van der Waals surface area (Å²) in [6.07, 6.45) is 1.20. The van der Waals surface area contributed by atoms with Gasteiger partial charge in [-0.2, -0.15) is 11.3 Å². The quantitative estimate of drug-likeness (QED) is 0.815. The minimum Gasteiger partial charge on any atom is -0.314 e. The Balaban J connectivity index is 1.79. The molecule has 78 valence electrons. The van der Waals surface area contributed by atoms with Crippen LogP contribution in [-0.2, 0) is 6.42 Å². The van der Waals surface area contributed by atoms with Crippen LogP contribution in [0.3, 0.4) is 0 Å². The van der Waals surface area contributed by atoms with Crippen molar-refractivity contribution in [1.82, 2.24) is 10.2 Å². The first kappa shape index (κ1) is 10.1. The van der Waals surface area contributed by atoms with Gasteiger partial charge >= 0.3 is 0 Å². The van der Waals surface area contributed by atoms with Gasteiger partial charge in [-0.05, 0) is 35.7 Å². The first-order valence-corrected chi connectivity index (χ1v) is 6.26. The Bertz CT molecular complexity index is 258. The number of piperazine rings is 1. The van der Waals surface area contributed by atoms with Crippen molar-refractivity contribution in [2.75, 3.05) is 26.2 Å². The van der Waals surface area contributed by atoms with Crippen LogP contribution < -0.4 is 5.32 Å². The zero-order valence-corrected chi connectivity index (χ0v) is 9.52. The monoisotopic (exact) mass is 210 g/mol. The highest BCUT2D eigenvalue weighted by Gasteiger charge is 2.16. The number of nitrogens with one attached hydrogen (secondary N) is 1. The normalized spacial score (nSPS) is 23.9. The summed E-state index contributed by atoms with van der Waals surface area (Å²) >= 11 is 1.80. The number of hydrogen-bond donors (Lipinski definition) is 1. The summed E-state index contributed by atoms with van der Waals surface area (Å²) in [6.45, 7) is 7.00. The van der Waals surface area contributed by atoms with Gasteiger partial charge in [0.25, 0.3) is 0 Å². The van der Waals surface area contributed by atoms with Gasteiger partial charge in [-0.3, -0.25) is 4.90 Å². The highest BCUT2D eigenvalue weighted by molar-refractivity contribution is 7.07. The van der Waals surface area contributed by atoms with E-state index in [4.69, 9.17) is 0 Å². The Morgan fingerprint density at radius 2 is 2.57 bits per heavy atom. The molecule has 2 rings (SSSR count). The van der Waals surface area contributed by atoms with Crippen LogP contribution in [-0.4, -0.2) is 37.1 Å². The van der Waals surface area contributed by atoms with Crippen molar-refractivity contribution in [2.45, 2.75) is 19.4 Å². The van der Waals surface area contributed by atoms with E-state index in [0.717, 1.165) is 13.1 Å². The second-order valence-corrected chi connectivity index (χ2v) is 4.75. The SMILES string of the molecule is C[C@H]1CNCCN1CCc1ccsc1. The molecule has 1 aromatic rings. The maximum absolute atomic E-state index is 3.42. The minimum absolute atomic E-state index is 0.697. The second-order valence-electron chi connectivity index (χ2n) is 3.97. The van der Waals surface area contributed by atoms with Gasteiger partial charge in [0.05, 0.1) is 0 Å². The number of nitrogens with zero attached hydrogens (tertiary/aromatic N) is 1. The lowest BCUT2D eigenvalue weighted by atomic mass is 10.2. The Hall–Kier alpha value is -0.380. The molecule has 3 heteroatoms. The smallest absolute Gasteiger partial charge is 0.0193 e. The lowest BCUT2D eigenvalue weighted by Gasteiger charge is -2.33. The summed E-state index contributed by atoms with van der Waals surface area (Å²) in [5, 5.41) is 7.84. The summed E-state index contributed by atoms with van der Waals surface area (Å²) in [4.78, 5) is 2.58. The van der Waals surface area contributed by atoms with Gasteiger partial charge in [0.1, 0.15) is 0 Å². The molecule has 0 spiro atoms.